The zero-order chi connectivity index (χ0) is 17.3. The summed E-state index contributed by atoms with van der Waals surface area (Å²) in [6, 6.07) is 14.8. The minimum absolute atomic E-state index is 0.0512. The highest BCUT2D eigenvalue weighted by atomic mass is 19.2. The Bertz CT molecular complexity index is 958. The molecule has 0 fully saturated rings. The SMILES string of the molecule is Cc1ccc(-c2cc(-c3ccc(F)c(F)c3)c(C#N)c(N)n2)cc1. The van der Waals surface area contributed by atoms with Crippen molar-refractivity contribution in [1.29, 1.82) is 5.26 Å². The molecule has 2 N–H and O–H groups in total. The van der Waals surface area contributed by atoms with Gasteiger partial charge in [0.1, 0.15) is 17.5 Å². The van der Waals surface area contributed by atoms with Crippen molar-refractivity contribution >= 4 is 5.82 Å². The zero-order valence-electron chi connectivity index (χ0n) is 12.8. The smallest absolute Gasteiger partial charge is 0.159 e. The molecule has 24 heavy (non-hydrogen) atoms. The molecule has 3 rings (SSSR count). The quantitative estimate of drug-likeness (QED) is 0.758. The van der Waals surface area contributed by atoms with Gasteiger partial charge in [-0.15, -0.1) is 0 Å². The third-order valence-corrected chi connectivity index (χ3v) is 3.74. The number of aromatic nitrogens is 1. The second kappa shape index (κ2) is 6.09. The van der Waals surface area contributed by atoms with E-state index < -0.39 is 11.6 Å². The highest BCUT2D eigenvalue weighted by Crippen LogP contribution is 2.31. The van der Waals surface area contributed by atoms with E-state index in [1.54, 1.807) is 6.07 Å². The van der Waals surface area contributed by atoms with Crippen LogP contribution in [0.2, 0.25) is 0 Å². The molecule has 1 heterocycles. The van der Waals surface area contributed by atoms with E-state index in [1.807, 2.05) is 37.3 Å². The summed E-state index contributed by atoms with van der Waals surface area (Å²) in [5.74, 6) is -1.88. The molecule has 1 aromatic heterocycles. The van der Waals surface area contributed by atoms with Gasteiger partial charge in [-0.3, -0.25) is 0 Å². The molecule has 118 valence electrons. The highest BCUT2D eigenvalue weighted by molar-refractivity contribution is 5.80. The molecule has 3 nitrogen and oxygen atoms in total. The van der Waals surface area contributed by atoms with Crippen LogP contribution in [0.4, 0.5) is 14.6 Å². The molecular formula is C19H13F2N3. The van der Waals surface area contributed by atoms with Crippen LogP contribution in [0.5, 0.6) is 0 Å². The van der Waals surface area contributed by atoms with Gasteiger partial charge in [0.05, 0.1) is 5.69 Å². The van der Waals surface area contributed by atoms with E-state index >= 15 is 0 Å². The molecule has 5 heteroatoms. The minimum Gasteiger partial charge on any atom is -0.383 e. The Kier molecular flexibility index (Phi) is 3.97. The number of halogens is 2. The Morgan fingerprint density at radius 3 is 2.25 bits per heavy atom. The van der Waals surface area contributed by atoms with Crippen LogP contribution in [0.1, 0.15) is 11.1 Å². The van der Waals surface area contributed by atoms with Crippen molar-refractivity contribution in [2.75, 3.05) is 5.73 Å². The maximum absolute atomic E-state index is 13.6. The second-order valence-electron chi connectivity index (χ2n) is 5.42. The van der Waals surface area contributed by atoms with Crippen molar-refractivity contribution in [1.82, 2.24) is 4.98 Å². The number of nitrogens with zero attached hydrogens (tertiary/aromatic N) is 2. The molecule has 0 unspecified atom stereocenters. The molecule has 3 aromatic rings. The van der Waals surface area contributed by atoms with E-state index in [0.717, 1.165) is 23.3 Å². The van der Waals surface area contributed by atoms with Crippen LogP contribution in [-0.4, -0.2) is 4.98 Å². The molecule has 0 saturated heterocycles. The topological polar surface area (TPSA) is 62.7 Å². The molecule has 0 atom stereocenters. The largest absolute Gasteiger partial charge is 0.383 e. The maximum atomic E-state index is 13.6. The lowest BCUT2D eigenvalue weighted by molar-refractivity contribution is 0.509. The fraction of sp³-hybridized carbons (Fsp3) is 0.0526. The summed E-state index contributed by atoms with van der Waals surface area (Å²) in [7, 11) is 0. The zero-order valence-corrected chi connectivity index (χ0v) is 12.8. The first-order chi connectivity index (χ1) is 11.5. The Balaban J connectivity index is 2.22. The van der Waals surface area contributed by atoms with Crippen LogP contribution in [0, 0.1) is 29.9 Å². The van der Waals surface area contributed by atoms with Gasteiger partial charge in [-0.1, -0.05) is 35.9 Å². The molecule has 0 aliphatic rings. The van der Waals surface area contributed by atoms with Crippen molar-refractivity contribution in [3.05, 3.63) is 71.3 Å². The Hall–Kier alpha value is -3.26. The van der Waals surface area contributed by atoms with Crippen molar-refractivity contribution in [3.63, 3.8) is 0 Å². The summed E-state index contributed by atoms with van der Waals surface area (Å²) >= 11 is 0. The van der Waals surface area contributed by atoms with E-state index in [2.05, 4.69) is 4.98 Å². The summed E-state index contributed by atoms with van der Waals surface area (Å²) in [5, 5.41) is 9.34. The standard InChI is InChI=1S/C19H13F2N3/c1-11-2-4-12(5-3-11)18-9-14(15(10-22)19(23)24-18)13-6-7-16(20)17(21)8-13/h2-9H,1H3,(H2,23,24). The van der Waals surface area contributed by atoms with Gasteiger partial charge < -0.3 is 5.73 Å². The predicted molar refractivity (Wildman–Crippen MR) is 88.9 cm³/mol. The fourth-order valence-corrected chi connectivity index (χ4v) is 2.45. The number of hydrogen-bond acceptors (Lipinski definition) is 3. The lowest BCUT2D eigenvalue weighted by atomic mass is 9.98. The normalized spacial score (nSPS) is 10.4. The number of nitrogen functional groups attached to an aromatic ring is 1. The number of pyridine rings is 1. The summed E-state index contributed by atoms with van der Waals surface area (Å²) in [6.07, 6.45) is 0. The predicted octanol–water partition coefficient (Wildman–Crippen LogP) is 4.46. The summed E-state index contributed by atoms with van der Waals surface area (Å²) < 4.78 is 26.7. The first-order valence-corrected chi connectivity index (χ1v) is 7.22. The summed E-state index contributed by atoms with van der Waals surface area (Å²) in [4.78, 5) is 4.26. The van der Waals surface area contributed by atoms with Gasteiger partial charge in [-0.2, -0.15) is 5.26 Å². The van der Waals surface area contributed by atoms with Gasteiger partial charge in [0.15, 0.2) is 11.6 Å². The number of benzene rings is 2. The summed E-state index contributed by atoms with van der Waals surface area (Å²) in [6.45, 7) is 1.97. The molecule has 0 bridgehead atoms. The highest BCUT2D eigenvalue weighted by Gasteiger charge is 2.15. The lowest BCUT2D eigenvalue weighted by Crippen LogP contribution is -2.00. The van der Waals surface area contributed by atoms with E-state index in [4.69, 9.17) is 5.73 Å². The number of hydrogen-bond donors (Lipinski definition) is 1. The maximum Gasteiger partial charge on any atom is 0.159 e. The van der Waals surface area contributed by atoms with Gasteiger partial charge in [-0.05, 0) is 30.7 Å². The molecule has 2 aromatic carbocycles. The van der Waals surface area contributed by atoms with Crippen molar-refractivity contribution in [3.8, 4) is 28.5 Å². The van der Waals surface area contributed by atoms with Gasteiger partial charge in [0.2, 0.25) is 0 Å². The first-order valence-electron chi connectivity index (χ1n) is 7.22. The third-order valence-electron chi connectivity index (χ3n) is 3.74. The van der Waals surface area contributed by atoms with Crippen LogP contribution < -0.4 is 5.73 Å². The van der Waals surface area contributed by atoms with Crippen LogP contribution in [0.25, 0.3) is 22.4 Å². The molecule has 0 aliphatic heterocycles. The second-order valence-corrected chi connectivity index (χ2v) is 5.42. The van der Waals surface area contributed by atoms with E-state index in [-0.39, 0.29) is 11.4 Å². The lowest BCUT2D eigenvalue weighted by Gasteiger charge is -2.11. The van der Waals surface area contributed by atoms with Crippen LogP contribution in [0.15, 0.2) is 48.5 Å². The van der Waals surface area contributed by atoms with Crippen molar-refractivity contribution in [2.45, 2.75) is 6.92 Å². The van der Waals surface area contributed by atoms with Gasteiger partial charge >= 0.3 is 0 Å². The molecule has 0 spiro atoms. The van der Waals surface area contributed by atoms with Gasteiger partial charge in [-0.25, -0.2) is 13.8 Å². The van der Waals surface area contributed by atoms with Gasteiger partial charge in [0.25, 0.3) is 0 Å². The molecular weight excluding hydrogens is 308 g/mol. The minimum atomic E-state index is -0.983. The van der Waals surface area contributed by atoms with E-state index in [1.165, 1.54) is 6.07 Å². The van der Waals surface area contributed by atoms with Crippen LogP contribution >= 0.6 is 0 Å². The number of anilines is 1. The Morgan fingerprint density at radius 2 is 1.62 bits per heavy atom. The van der Waals surface area contributed by atoms with E-state index in [9.17, 15) is 14.0 Å². The number of nitriles is 1. The molecule has 0 aliphatic carbocycles. The fourth-order valence-electron chi connectivity index (χ4n) is 2.45. The number of nitrogens with two attached hydrogens (primary N) is 1. The van der Waals surface area contributed by atoms with E-state index in [0.29, 0.717) is 16.8 Å². The molecule has 0 amide bonds. The van der Waals surface area contributed by atoms with Crippen molar-refractivity contribution in [2.24, 2.45) is 0 Å². The molecule has 0 saturated carbocycles. The number of aryl methyl sites for hydroxylation is 1. The molecule has 0 radical (unpaired) electrons. The van der Waals surface area contributed by atoms with Crippen molar-refractivity contribution < 1.29 is 8.78 Å². The average molecular weight is 321 g/mol. The summed E-state index contributed by atoms with van der Waals surface area (Å²) in [5.41, 5.74) is 9.30. The van der Waals surface area contributed by atoms with Crippen LogP contribution in [-0.2, 0) is 0 Å². The van der Waals surface area contributed by atoms with Gasteiger partial charge in [0, 0.05) is 11.1 Å². The number of rotatable bonds is 2. The first kappa shape index (κ1) is 15.6. The Labute approximate surface area is 138 Å². The third kappa shape index (κ3) is 2.82. The Morgan fingerprint density at radius 1 is 0.958 bits per heavy atom. The monoisotopic (exact) mass is 321 g/mol. The van der Waals surface area contributed by atoms with Crippen LogP contribution in [0.3, 0.4) is 0 Å². The average Bonchev–Trinajstić information content (AvgIpc) is 2.57.